The average molecular weight is 418 g/mol. The highest BCUT2D eigenvalue weighted by Gasteiger charge is 2.34. The lowest BCUT2D eigenvalue weighted by Gasteiger charge is -2.42. The van der Waals surface area contributed by atoms with Gasteiger partial charge in [-0.2, -0.15) is 0 Å². The van der Waals surface area contributed by atoms with E-state index in [1.807, 2.05) is 30.3 Å². The van der Waals surface area contributed by atoms with Crippen molar-refractivity contribution in [3.8, 4) is 0 Å². The summed E-state index contributed by atoms with van der Waals surface area (Å²) in [6, 6.07) is 10.2. The number of carboxylic acid groups (broad SMARTS) is 1. The minimum atomic E-state index is -0.746. The topological polar surface area (TPSA) is 77.8 Å². The standard InChI is InChI=1S/C25H39NO4/c1-18(9-7-14-25(29)30)20(3)17-26-23(12-8-13-24(26)28)19(2)15-22(27)16-21-10-5-4-6-11-21/h4-6,10-11,18-20,22-23,27H,7-9,12-17H2,1-3H3,(H,29,30)/t18-,19-,20+,22?,23+/m0/s1. The summed E-state index contributed by atoms with van der Waals surface area (Å²) < 4.78 is 0. The van der Waals surface area contributed by atoms with Gasteiger partial charge in [0.05, 0.1) is 6.10 Å². The fourth-order valence-electron chi connectivity index (χ4n) is 4.68. The first-order chi connectivity index (χ1) is 14.3. The second-order valence-corrected chi connectivity index (χ2v) is 9.30. The van der Waals surface area contributed by atoms with Crippen molar-refractivity contribution in [2.24, 2.45) is 17.8 Å². The summed E-state index contributed by atoms with van der Waals surface area (Å²) in [5.41, 5.74) is 1.14. The number of amides is 1. The third kappa shape index (κ3) is 7.75. The third-order valence-corrected chi connectivity index (χ3v) is 6.73. The lowest BCUT2D eigenvalue weighted by molar-refractivity contribution is -0.139. The molecule has 5 nitrogen and oxygen atoms in total. The molecule has 0 aliphatic carbocycles. The summed E-state index contributed by atoms with van der Waals surface area (Å²) in [6.07, 6.45) is 5.19. The Morgan fingerprint density at radius 3 is 2.53 bits per heavy atom. The normalized spacial score (nSPS) is 21.1. The Balaban J connectivity index is 1.92. The molecule has 2 N–H and O–H groups in total. The van der Waals surface area contributed by atoms with E-state index in [1.54, 1.807) is 0 Å². The predicted molar refractivity (Wildman–Crippen MR) is 119 cm³/mol. The quantitative estimate of drug-likeness (QED) is 0.524. The summed E-state index contributed by atoms with van der Waals surface area (Å²) in [6.45, 7) is 7.20. The van der Waals surface area contributed by atoms with Crippen molar-refractivity contribution in [1.29, 1.82) is 0 Å². The number of hydrogen-bond donors (Lipinski definition) is 2. The molecule has 0 spiro atoms. The van der Waals surface area contributed by atoms with E-state index in [2.05, 4.69) is 25.7 Å². The van der Waals surface area contributed by atoms with Crippen molar-refractivity contribution in [1.82, 2.24) is 4.90 Å². The molecule has 5 atom stereocenters. The van der Waals surface area contributed by atoms with Crippen LogP contribution in [-0.2, 0) is 16.0 Å². The molecule has 5 heteroatoms. The van der Waals surface area contributed by atoms with Gasteiger partial charge < -0.3 is 15.1 Å². The molecule has 2 rings (SSSR count). The number of nitrogens with zero attached hydrogens (tertiary/aromatic N) is 1. The van der Waals surface area contributed by atoms with Gasteiger partial charge in [0.1, 0.15) is 0 Å². The number of aliphatic hydroxyl groups is 1. The van der Waals surface area contributed by atoms with Gasteiger partial charge >= 0.3 is 5.97 Å². The van der Waals surface area contributed by atoms with Gasteiger partial charge in [-0.25, -0.2) is 0 Å². The summed E-state index contributed by atoms with van der Waals surface area (Å²) in [7, 11) is 0. The van der Waals surface area contributed by atoms with Crippen LogP contribution in [0.4, 0.5) is 0 Å². The Hall–Kier alpha value is -1.88. The molecule has 1 saturated heterocycles. The zero-order valence-electron chi connectivity index (χ0n) is 18.8. The molecule has 1 aliphatic heterocycles. The van der Waals surface area contributed by atoms with E-state index in [1.165, 1.54) is 0 Å². The van der Waals surface area contributed by atoms with Crippen LogP contribution in [0.1, 0.15) is 71.3 Å². The number of likely N-dealkylation sites (tertiary alicyclic amines) is 1. The van der Waals surface area contributed by atoms with E-state index in [4.69, 9.17) is 5.11 Å². The Morgan fingerprint density at radius 1 is 1.17 bits per heavy atom. The van der Waals surface area contributed by atoms with Gasteiger partial charge in [-0.1, -0.05) is 51.1 Å². The fourth-order valence-corrected chi connectivity index (χ4v) is 4.68. The first-order valence-electron chi connectivity index (χ1n) is 11.5. The second kappa shape index (κ2) is 12.1. The highest BCUT2D eigenvalue weighted by Crippen LogP contribution is 2.30. The maximum absolute atomic E-state index is 12.7. The molecule has 0 aromatic heterocycles. The molecule has 30 heavy (non-hydrogen) atoms. The molecular formula is C25H39NO4. The van der Waals surface area contributed by atoms with Gasteiger partial charge in [0.25, 0.3) is 0 Å². The number of aliphatic hydroxyl groups excluding tert-OH is 1. The van der Waals surface area contributed by atoms with E-state index >= 15 is 0 Å². The summed E-state index contributed by atoms with van der Waals surface area (Å²) >= 11 is 0. The van der Waals surface area contributed by atoms with Gasteiger partial charge in [-0.15, -0.1) is 0 Å². The minimum absolute atomic E-state index is 0.172. The van der Waals surface area contributed by atoms with Crippen LogP contribution in [0.5, 0.6) is 0 Å². The molecule has 1 aromatic rings. The molecule has 1 unspecified atom stereocenters. The molecule has 1 heterocycles. The Kier molecular flexibility index (Phi) is 9.83. The van der Waals surface area contributed by atoms with Crippen molar-refractivity contribution in [2.75, 3.05) is 6.54 Å². The van der Waals surface area contributed by atoms with Crippen LogP contribution in [0, 0.1) is 17.8 Å². The smallest absolute Gasteiger partial charge is 0.303 e. The molecule has 0 bridgehead atoms. The zero-order chi connectivity index (χ0) is 22.1. The van der Waals surface area contributed by atoms with E-state index in [-0.39, 0.29) is 24.3 Å². The number of aliphatic carboxylic acids is 1. The molecule has 1 fully saturated rings. The van der Waals surface area contributed by atoms with Crippen LogP contribution >= 0.6 is 0 Å². The van der Waals surface area contributed by atoms with Crippen LogP contribution < -0.4 is 0 Å². The summed E-state index contributed by atoms with van der Waals surface area (Å²) in [5.74, 6) is 0.412. The molecular weight excluding hydrogens is 378 g/mol. The zero-order valence-corrected chi connectivity index (χ0v) is 18.8. The van der Waals surface area contributed by atoms with E-state index in [0.717, 1.165) is 31.4 Å². The Labute approximate surface area is 181 Å². The summed E-state index contributed by atoms with van der Waals surface area (Å²) in [5, 5.41) is 19.5. The largest absolute Gasteiger partial charge is 0.481 e. The molecule has 0 radical (unpaired) electrons. The second-order valence-electron chi connectivity index (χ2n) is 9.30. The van der Waals surface area contributed by atoms with Crippen molar-refractivity contribution in [2.45, 2.75) is 84.3 Å². The van der Waals surface area contributed by atoms with Gasteiger partial charge in [0, 0.05) is 25.4 Å². The van der Waals surface area contributed by atoms with Crippen LogP contribution in [-0.4, -0.2) is 45.7 Å². The lowest BCUT2D eigenvalue weighted by atomic mass is 9.84. The SMILES string of the molecule is C[C@H](CN1C(=O)CCC[C@@H]1[C@@H](C)CC(O)Cc1ccccc1)[C@@H](C)CCCC(=O)O. The van der Waals surface area contributed by atoms with Crippen molar-refractivity contribution < 1.29 is 19.8 Å². The Morgan fingerprint density at radius 2 is 1.87 bits per heavy atom. The van der Waals surface area contributed by atoms with Crippen LogP contribution in [0.25, 0.3) is 0 Å². The van der Waals surface area contributed by atoms with Gasteiger partial charge in [-0.05, 0) is 61.8 Å². The van der Waals surface area contributed by atoms with E-state index in [0.29, 0.717) is 37.5 Å². The Bertz CT molecular complexity index is 662. The number of carboxylic acids is 1. The van der Waals surface area contributed by atoms with E-state index < -0.39 is 12.1 Å². The number of hydrogen-bond acceptors (Lipinski definition) is 3. The highest BCUT2D eigenvalue weighted by atomic mass is 16.4. The minimum Gasteiger partial charge on any atom is -0.481 e. The predicted octanol–water partition coefficient (Wildman–Crippen LogP) is 4.52. The first-order valence-corrected chi connectivity index (χ1v) is 11.5. The van der Waals surface area contributed by atoms with E-state index in [9.17, 15) is 14.7 Å². The molecule has 168 valence electrons. The monoisotopic (exact) mass is 417 g/mol. The van der Waals surface area contributed by atoms with Gasteiger partial charge in [0.15, 0.2) is 0 Å². The highest BCUT2D eigenvalue weighted by molar-refractivity contribution is 5.77. The average Bonchev–Trinajstić information content (AvgIpc) is 2.69. The van der Waals surface area contributed by atoms with Crippen molar-refractivity contribution in [3.63, 3.8) is 0 Å². The third-order valence-electron chi connectivity index (χ3n) is 6.73. The van der Waals surface area contributed by atoms with Crippen molar-refractivity contribution in [3.05, 3.63) is 35.9 Å². The number of piperidine rings is 1. The van der Waals surface area contributed by atoms with Gasteiger partial charge in [0.2, 0.25) is 5.91 Å². The first kappa shape index (κ1) is 24.4. The fraction of sp³-hybridized carbons (Fsp3) is 0.680. The lowest BCUT2D eigenvalue weighted by Crippen LogP contribution is -2.49. The van der Waals surface area contributed by atoms with Crippen molar-refractivity contribution >= 4 is 11.9 Å². The number of carbonyl (C=O) groups is 2. The molecule has 0 saturated carbocycles. The van der Waals surface area contributed by atoms with Gasteiger partial charge in [-0.3, -0.25) is 9.59 Å². The van der Waals surface area contributed by atoms with Crippen LogP contribution in [0.3, 0.4) is 0 Å². The summed E-state index contributed by atoms with van der Waals surface area (Å²) in [4.78, 5) is 25.5. The molecule has 1 aliphatic rings. The van der Waals surface area contributed by atoms with Crippen LogP contribution in [0.15, 0.2) is 30.3 Å². The maximum Gasteiger partial charge on any atom is 0.303 e. The van der Waals surface area contributed by atoms with Crippen LogP contribution in [0.2, 0.25) is 0 Å². The maximum atomic E-state index is 12.7. The number of benzene rings is 1. The molecule has 1 aromatic carbocycles. The molecule has 1 amide bonds. The number of rotatable bonds is 12. The number of carbonyl (C=O) groups excluding carboxylic acids is 1.